The lowest BCUT2D eigenvalue weighted by Gasteiger charge is -2.32. The first-order chi connectivity index (χ1) is 6.23. The molecular weight excluding hydrogens is 197 g/mol. The fourth-order valence-corrected chi connectivity index (χ4v) is 1.08. The Morgan fingerprint density at radius 1 is 1.36 bits per heavy atom. The molecule has 0 radical (unpaired) electrons. The highest BCUT2D eigenvalue weighted by molar-refractivity contribution is 4.84. The molecule has 3 N–H and O–H groups in total. The van der Waals surface area contributed by atoms with Crippen LogP contribution in [0.5, 0.6) is 0 Å². The van der Waals surface area contributed by atoms with Crippen LogP contribution < -0.4 is 11.3 Å². The minimum atomic E-state index is -4.15. The van der Waals surface area contributed by atoms with Crippen LogP contribution in [0, 0.1) is 0 Å². The molecule has 3 nitrogen and oxygen atoms in total. The number of hydrogen-bond donors (Lipinski definition) is 2. The standard InChI is InChI=1S/C8H17F3N2O/c1-7(2,14-3)6(13-12)4-5-8(9,10)11/h6,13H,4-5,12H2,1-3H3. The predicted octanol–water partition coefficient (Wildman–Crippen LogP) is 1.59. The van der Waals surface area contributed by atoms with Crippen LogP contribution in [0.4, 0.5) is 13.2 Å². The summed E-state index contributed by atoms with van der Waals surface area (Å²) >= 11 is 0. The maximum Gasteiger partial charge on any atom is 0.389 e. The van der Waals surface area contributed by atoms with Gasteiger partial charge in [-0.2, -0.15) is 13.2 Å². The van der Waals surface area contributed by atoms with Crippen molar-refractivity contribution in [1.82, 2.24) is 5.43 Å². The Kier molecular flexibility index (Phi) is 4.83. The molecule has 6 heteroatoms. The van der Waals surface area contributed by atoms with Crippen LogP contribution in [-0.4, -0.2) is 24.9 Å². The van der Waals surface area contributed by atoms with Gasteiger partial charge in [-0.3, -0.25) is 11.3 Å². The van der Waals surface area contributed by atoms with Crippen molar-refractivity contribution >= 4 is 0 Å². The molecule has 0 amide bonds. The van der Waals surface area contributed by atoms with Crippen molar-refractivity contribution in [2.24, 2.45) is 5.84 Å². The van der Waals surface area contributed by atoms with E-state index in [1.54, 1.807) is 13.8 Å². The second kappa shape index (κ2) is 4.95. The van der Waals surface area contributed by atoms with Gasteiger partial charge in [-0.25, -0.2) is 0 Å². The third-order valence-corrected chi connectivity index (χ3v) is 2.28. The Bertz CT molecular complexity index is 170. The average Bonchev–Trinajstić information content (AvgIpc) is 2.03. The number of hydrogen-bond acceptors (Lipinski definition) is 3. The third kappa shape index (κ3) is 4.78. The van der Waals surface area contributed by atoms with E-state index in [4.69, 9.17) is 10.6 Å². The van der Waals surface area contributed by atoms with Crippen LogP contribution in [0.1, 0.15) is 26.7 Å². The van der Waals surface area contributed by atoms with Crippen LogP contribution in [0.3, 0.4) is 0 Å². The van der Waals surface area contributed by atoms with Crippen LogP contribution >= 0.6 is 0 Å². The molecule has 0 aliphatic heterocycles. The van der Waals surface area contributed by atoms with E-state index in [-0.39, 0.29) is 6.42 Å². The molecule has 0 rings (SSSR count). The quantitative estimate of drug-likeness (QED) is 0.539. The Labute approximate surface area is 81.8 Å². The van der Waals surface area contributed by atoms with Gasteiger partial charge in [-0.05, 0) is 20.3 Å². The topological polar surface area (TPSA) is 47.3 Å². The summed E-state index contributed by atoms with van der Waals surface area (Å²) in [5.74, 6) is 5.17. The molecule has 0 aliphatic carbocycles. The fourth-order valence-electron chi connectivity index (χ4n) is 1.08. The number of halogens is 3. The molecule has 0 spiro atoms. The fraction of sp³-hybridized carbons (Fsp3) is 1.00. The largest absolute Gasteiger partial charge is 0.389 e. The Balaban J connectivity index is 4.17. The number of nitrogens with one attached hydrogen (secondary N) is 1. The number of nitrogens with two attached hydrogens (primary N) is 1. The predicted molar refractivity (Wildman–Crippen MR) is 47.5 cm³/mol. The molecule has 0 bridgehead atoms. The van der Waals surface area contributed by atoms with Gasteiger partial charge >= 0.3 is 6.18 Å². The van der Waals surface area contributed by atoms with Crippen molar-refractivity contribution in [2.45, 2.75) is 44.5 Å². The van der Waals surface area contributed by atoms with Gasteiger partial charge in [0.15, 0.2) is 0 Å². The molecule has 1 atom stereocenters. The van der Waals surface area contributed by atoms with E-state index in [2.05, 4.69) is 5.43 Å². The lowest BCUT2D eigenvalue weighted by Crippen LogP contribution is -2.51. The van der Waals surface area contributed by atoms with E-state index in [0.717, 1.165) is 0 Å². The molecule has 1 unspecified atom stereocenters. The van der Waals surface area contributed by atoms with E-state index < -0.39 is 24.2 Å². The van der Waals surface area contributed by atoms with Gasteiger partial charge < -0.3 is 4.74 Å². The lowest BCUT2D eigenvalue weighted by molar-refractivity contribution is -0.140. The van der Waals surface area contributed by atoms with E-state index in [9.17, 15) is 13.2 Å². The molecule has 0 aliphatic rings. The monoisotopic (exact) mass is 214 g/mol. The molecule has 86 valence electrons. The van der Waals surface area contributed by atoms with Crippen LogP contribution in [0.15, 0.2) is 0 Å². The van der Waals surface area contributed by atoms with E-state index in [0.29, 0.717) is 0 Å². The first-order valence-corrected chi connectivity index (χ1v) is 4.31. The first-order valence-electron chi connectivity index (χ1n) is 4.31. The van der Waals surface area contributed by atoms with Crippen molar-refractivity contribution in [3.63, 3.8) is 0 Å². The average molecular weight is 214 g/mol. The number of hydrazine groups is 1. The lowest BCUT2D eigenvalue weighted by atomic mass is 9.95. The summed E-state index contributed by atoms with van der Waals surface area (Å²) in [6, 6.07) is -0.519. The first kappa shape index (κ1) is 13.7. The summed E-state index contributed by atoms with van der Waals surface area (Å²) < 4.78 is 40.9. The molecule has 0 aromatic heterocycles. The summed E-state index contributed by atoms with van der Waals surface area (Å²) in [6.07, 6.45) is -5.12. The van der Waals surface area contributed by atoms with Gasteiger partial charge in [-0.15, -0.1) is 0 Å². The van der Waals surface area contributed by atoms with Crippen molar-refractivity contribution in [1.29, 1.82) is 0 Å². The summed E-state index contributed by atoms with van der Waals surface area (Å²) in [5.41, 5.74) is 1.63. The van der Waals surface area contributed by atoms with Crippen LogP contribution in [0.25, 0.3) is 0 Å². The minimum absolute atomic E-state index is 0.0964. The molecule has 0 heterocycles. The summed E-state index contributed by atoms with van der Waals surface area (Å²) in [5, 5.41) is 0. The maximum atomic E-state index is 11.9. The molecule has 14 heavy (non-hydrogen) atoms. The Morgan fingerprint density at radius 2 is 1.86 bits per heavy atom. The van der Waals surface area contributed by atoms with Gasteiger partial charge in [0.05, 0.1) is 5.60 Å². The highest BCUT2D eigenvalue weighted by atomic mass is 19.4. The number of methoxy groups -OCH3 is 1. The van der Waals surface area contributed by atoms with E-state index in [1.807, 2.05) is 0 Å². The zero-order valence-electron chi connectivity index (χ0n) is 8.61. The SMILES string of the molecule is COC(C)(C)C(CCC(F)(F)F)NN. The Hall–Kier alpha value is -0.330. The minimum Gasteiger partial charge on any atom is -0.377 e. The van der Waals surface area contributed by atoms with Crippen molar-refractivity contribution < 1.29 is 17.9 Å². The number of ether oxygens (including phenoxy) is 1. The second-order valence-corrected chi connectivity index (χ2v) is 3.68. The summed E-state index contributed by atoms with van der Waals surface area (Å²) in [4.78, 5) is 0. The molecule has 0 aromatic carbocycles. The van der Waals surface area contributed by atoms with Gasteiger partial charge in [-0.1, -0.05) is 0 Å². The zero-order chi connectivity index (χ0) is 11.4. The second-order valence-electron chi connectivity index (χ2n) is 3.68. The van der Waals surface area contributed by atoms with Gasteiger partial charge in [0.2, 0.25) is 0 Å². The number of rotatable bonds is 5. The highest BCUT2D eigenvalue weighted by Gasteiger charge is 2.34. The van der Waals surface area contributed by atoms with Crippen molar-refractivity contribution in [3.05, 3.63) is 0 Å². The zero-order valence-corrected chi connectivity index (χ0v) is 8.61. The summed E-state index contributed by atoms with van der Waals surface area (Å²) in [6.45, 7) is 3.38. The summed E-state index contributed by atoms with van der Waals surface area (Å²) in [7, 11) is 1.44. The van der Waals surface area contributed by atoms with Crippen molar-refractivity contribution in [2.75, 3.05) is 7.11 Å². The maximum absolute atomic E-state index is 11.9. The van der Waals surface area contributed by atoms with Gasteiger partial charge in [0.1, 0.15) is 0 Å². The van der Waals surface area contributed by atoms with Gasteiger partial charge in [0.25, 0.3) is 0 Å². The van der Waals surface area contributed by atoms with E-state index in [1.165, 1.54) is 7.11 Å². The van der Waals surface area contributed by atoms with Crippen LogP contribution in [0.2, 0.25) is 0 Å². The third-order valence-electron chi connectivity index (χ3n) is 2.28. The Morgan fingerprint density at radius 3 is 2.14 bits per heavy atom. The van der Waals surface area contributed by atoms with Crippen molar-refractivity contribution in [3.8, 4) is 0 Å². The van der Waals surface area contributed by atoms with Gasteiger partial charge in [0, 0.05) is 19.6 Å². The van der Waals surface area contributed by atoms with Crippen LogP contribution in [-0.2, 0) is 4.74 Å². The highest BCUT2D eigenvalue weighted by Crippen LogP contribution is 2.25. The molecule has 0 fully saturated rings. The molecular formula is C8H17F3N2O. The molecule has 0 saturated carbocycles. The molecule has 0 saturated heterocycles. The normalized spacial score (nSPS) is 15.6. The van der Waals surface area contributed by atoms with E-state index >= 15 is 0 Å². The number of alkyl halides is 3. The smallest absolute Gasteiger partial charge is 0.377 e. The molecule has 0 aromatic rings.